The number of anilines is 1. The van der Waals surface area contributed by atoms with Crippen LogP contribution in [0.4, 0.5) is 15.4 Å². The second-order valence-electron chi connectivity index (χ2n) is 11.6. The Morgan fingerprint density at radius 3 is 2.76 bits per heavy atom. The van der Waals surface area contributed by atoms with Gasteiger partial charge in [-0.25, -0.2) is 9.59 Å². The number of nitrogens with one attached hydrogen (secondary N) is 2. The third-order valence-electron chi connectivity index (χ3n) is 7.89. The Morgan fingerprint density at radius 1 is 1.13 bits per heavy atom. The molecule has 0 saturated carbocycles. The smallest absolute Gasteiger partial charge is 0.414 e. The maximum Gasteiger partial charge on any atom is 0.414 e. The van der Waals surface area contributed by atoms with E-state index in [1.807, 2.05) is 60.8 Å². The molecule has 45 heavy (non-hydrogen) atoms. The fourth-order valence-electron chi connectivity index (χ4n) is 5.28. The van der Waals surface area contributed by atoms with Gasteiger partial charge in [-0.15, -0.1) is 0 Å². The molecule has 0 spiro atoms. The van der Waals surface area contributed by atoms with Crippen molar-refractivity contribution in [2.45, 2.75) is 51.4 Å². The molecule has 2 fully saturated rings. The molecule has 12 heteroatoms. The number of hydrogen-bond acceptors (Lipinski definition) is 9. The quantitative estimate of drug-likeness (QED) is 0.368. The molecule has 1 aromatic carbocycles. The highest BCUT2D eigenvalue weighted by Gasteiger charge is 2.27. The van der Waals surface area contributed by atoms with E-state index in [2.05, 4.69) is 29.6 Å². The first kappa shape index (κ1) is 30.2. The number of nitrogens with zero attached hydrogens (tertiary/aromatic N) is 5. The molecule has 0 radical (unpaired) electrons. The lowest BCUT2D eigenvalue weighted by atomic mass is 10.1. The van der Waals surface area contributed by atoms with E-state index in [1.54, 1.807) is 21.7 Å². The van der Waals surface area contributed by atoms with Crippen molar-refractivity contribution in [1.29, 1.82) is 0 Å². The summed E-state index contributed by atoms with van der Waals surface area (Å²) >= 11 is 0. The van der Waals surface area contributed by atoms with Gasteiger partial charge in [0.25, 0.3) is 0 Å². The van der Waals surface area contributed by atoms with Crippen LogP contribution in [0.25, 0.3) is 5.65 Å². The van der Waals surface area contributed by atoms with Gasteiger partial charge in [-0.2, -0.15) is 14.6 Å². The van der Waals surface area contributed by atoms with Crippen molar-refractivity contribution in [1.82, 2.24) is 29.7 Å². The Bertz CT molecular complexity index is 1600. The SMILES string of the molecule is CC(C)c1cnn2c(NC3=C/C=C\N(C(=O)OC4CNC4)C/C=C\3)cc(O[C@@H]3CCCN(C(=O)OCc4ccccc4)C3)nc12. The Balaban J connectivity index is 1.16. The van der Waals surface area contributed by atoms with Crippen molar-refractivity contribution < 1.29 is 23.8 Å². The predicted molar refractivity (Wildman–Crippen MR) is 169 cm³/mol. The predicted octanol–water partition coefficient (Wildman–Crippen LogP) is 4.82. The number of carbonyl (C=O) groups excluding carboxylic acids is 2. The summed E-state index contributed by atoms with van der Waals surface area (Å²) in [5.41, 5.74) is 3.44. The fraction of sp³-hybridized carbons (Fsp3) is 0.394. The van der Waals surface area contributed by atoms with Crippen LogP contribution in [0, 0.1) is 0 Å². The molecule has 1 atom stereocenters. The molecule has 12 nitrogen and oxygen atoms in total. The average molecular weight is 614 g/mol. The minimum Gasteiger partial charge on any atom is -0.472 e. The van der Waals surface area contributed by atoms with Crippen molar-refractivity contribution in [3.05, 3.63) is 89.9 Å². The Morgan fingerprint density at radius 2 is 1.98 bits per heavy atom. The molecule has 2 aromatic heterocycles. The maximum absolute atomic E-state index is 12.8. The Labute approximate surface area is 262 Å². The van der Waals surface area contributed by atoms with Crippen LogP contribution < -0.4 is 15.4 Å². The molecule has 0 aliphatic carbocycles. The van der Waals surface area contributed by atoms with E-state index in [0.717, 1.165) is 29.7 Å². The number of hydrogen-bond donors (Lipinski definition) is 2. The van der Waals surface area contributed by atoms with E-state index in [0.29, 0.717) is 50.1 Å². The molecule has 2 N–H and O–H groups in total. The average Bonchev–Trinajstić information content (AvgIpc) is 3.44. The fourth-order valence-corrected chi connectivity index (χ4v) is 5.28. The second kappa shape index (κ2) is 13.9. The lowest BCUT2D eigenvalue weighted by Crippen LogP contribution is -2.50. The van der Waals surface area contributed by atoms with Crippen molar-refractivity contribution in [2.24, 2.45) is 0 Å². The molecule has 0 bridgehead atoms. The van der Waals surface area contributed by atoms with Crippen LogP contribution in [-0.4, -0.2) is 81.5 Å². The van der Waals surface area contributed by atoms with Crippen molar-refractivity contribution in [2.75, 3.05) is 38.0 Å². The Kier molecular flexibility index (Phi) is 9.30. The number of amides is 2. The number of ether oxygens (including phenoxy) is 3. The number of piperidine rings is 1. The summed E-state index contributed by atoms with van der Waals surface area (Å²) in [5.74, 6) is 1.32. The molecule has 3 aliphatic heterocycles. The Hall–Kier alpha value is -4.84. The number of allylic oxidation sites excluding steroid dienone is 3. The highest BCUT2D eigenvalue weighted by atomic mass is 16.6. The van der Waals surface area contributed by atoms with Crippen LogP contribution in [0.3, 0.4) is 0 Å². The van der Waals surface area contributed by atoms with Crippen LogP contribution in [0.2, 0.25) is 0 Å². The minimum atomic E-state index is -0.367. The summed E-state index contributed by atoms with van der Waals surface area (Å²) in [6.45, 7) is 7.21. The number of fused-ring (bicyclic) bond motifs is 1. The van der Waals surface area contributed by atoms with Crippen LogP contribution in [0.1, 0.15) is 43.7 Å². The summed E-state index contributed by atoms with van der Waals surface area (Å²) in [5, 5.41) is 11.2. The molecular weight excluding hydrogens is 574 g/mol. The van der Waals surface area contributed by atoms with Crippen LogP contribution in [0.5, 0.6) is 5.88 Å². The zero-order valence-electron chi connectivity index (χ0n) is 25.6. The number of benzene rings is 1. The summed E-state index contributed by atoms with van der Waals surface area (Å²) in [6.07, 6.45) is 11.6. The monoisotopic (exact) mass is 613 g/mol. The van der Waals surface area contributed by atoms with E-state index in [-0.39, 0.29) is 36.9 Å². The summed E-state index contributed by atoms with van der Waals surface area (Å²) < 4.78 is 19.2. The summed E-state index contributed by atoms with van der Waals surface area (Å²) in [6, 6.07) is 11.5. The van der Waals surface area contributed by atoms with Gasteiger partial charge in [0.15, 0.2) is 5.65 Å². The van der Waals surface area contributed by atoms with Crippen molar-refractivity contribution in [3.63, 3.8) is 0 Å². The van der Waals surface area contributed by atoms with Crippen LogP contribution >= 0.6 is 0 Å². The van der Waals surface area contributed by atoms with Gasteiger partial charge in [0, 0.05) is 49.7 Å². The minimum absolute atomic E-state index is 0.0754. The molecule has 3 aromatic rings. The number of carbonyl (C=O) groups is 2. The van der Waals surface area contributed by atoms with Crippen molar-refractivity contribution in [3.8, 4) is 5.88 Å². The van der Waals surface area contributed by atoms with Gasteiger partial charge in [-0.3, -0.25) is 4.90 Å². The lowest BCUT2D eigenvalue weighted by Gasteiger charge is -2.32. The van der Waals surface area contributed by atoms with E-state index in [4.69, 9.17) is 19.2 Å². The second-order valence-corrected chi connectivity index (χ2v) is 11.6. The van der Waals surface area contributed by atoms with Gasteiger partial charge in [-0.1, -0.05) is 50.3 Å². The molecule has 236 valence electrons. The lowest BCUT2D eigenvalue weighted by molar-refractivity contribution is 0.0496. The molecule has 0 unspecified atom stereocenters. The molecule has 3 aliphatic rings. The summed E-state index contributed by atoms with van der Waals surface area (Å²) in [7, 11) is 0. The normalized spacial score (nSPS) is 21.2. The van der Waals surface area contributed by atoms with E-state index >= 15 is 0 Å². The van der Waals surface area contributed by atoms with E-state index in [1.165, 1.54) is 4.90 Å². The summed E-state index contributed by atoms with van der Waals surface area (Å²) in [4.78, 5) is 33.4. The van der Waals surface area contributed by atoms with Gasteiger partial charge < -0.3 is 29.7 Å². The number of likely N-dealkylation sites (tertiary alicyclic amines) is 1. The third-order valence-corrected chi connectivity index (χ3v) is 7.89. The standard InChI is InChI=1S/C33H39N7O5/c1-23(2)28-20-35-40-29(36-25-11-6-14-38(15-7-12-25)33(42)45-27-18-34-19-27)17-30(37-31(28)40)44-26-13-8-16-39(21-26)32(41)43-22-24-9-4-3-5-10-24/h3-7,9-12,14,17,20,23,26-27,34,36H,8,13,15-16,18-19,21-22H2,1-2H3/b12-7-,14-6-,25-11+/t26-/m1/s1. The third kappa shape index (κ3) is 7.46. The van der Waals surface area contributed by atoms with Gasteiger partial charge in [-0.05, 0) is 42.6 Å². The maximum atomic E-state index is 12.8. The number of aromatic nitrogens is 3. The van der Waals surface area contributed by atoms with E-state index in [9.17, 15) is 9.59 Å². The zero-order chi connectivity index (χ0) is 31.2. The zero-order valence-corrected chi connectivity index (χ0v) is 25.6. The van der Waals surface area contributed by atoms with Crippen LogP contribution in [-0.2, 0) is 16.1 Å². The topological polar surface area (TPSA) is 123 Å². The molecule has 2 amide bonds. The largest absolute Gasteiger partial charge is 0.472 e. The van der Waals surface area contributed by atoms with Gasteiger partial charge in [0.1, 0.15) is 24.6 Å². The molecule has 2 saturated heterocycles. The first-order chi connectivity index (χ1) is 21.9. The van der Waals surface area contributed by atoms with E-state index < -0.39 is 0 Å². The highest BCUT2D eigenvalue weighted by Crippen LogP contribution is 2.27. The van der Waals surface area contributed by atoms with Gasteiger partial charge >= 0.3 is 12.2 Å². The number of rotatable bonds is 8. The van der Waals surface area contributed by atoms with Gasteiger partial charge in [0.2, 0.25) is 5.88 Å². The molecule has 6 rings (SSSR count). The first-order valence-corrected chi connectivity index (χ1v) is 15.4. The molecule has 5 heterocycles. The van der Waals surface area contributed by atoms with Crippen LogP contribution in [0.15, 0.2) is 78.8 Å². The molecular formula is C33H39N7O5. The highest BCUT2D eigenvalue weighted by molar-refractivity contribution is 5.70. The van der Waals surface area contributed by atoms with Crippen molar-refractivity contribution >= 4 is 23.7 Å². The van der Waals surface area contributed by atoms with Gasteiger partial charge in [0.05, 0.1) is 12.7 Å². The first-order valence-electron chi connectivity index (χ1n) is 15.4.